The summed E-state index contributed by atoms with van der Waals surface area (Å²) in [6.07, 6.45) is 7.19. The zero-order chi connectivity index (χ0) is 18.0. The van der Waals surface area contributed by atoms with Crippen molar-refractivity contribution in [1.29, 1.82) is 0 Å². The molecule has 1 aromatic rings. The monoisotopic (exact) mass is 486 g/mol. The Balaban J connectivity index is 0.00000210. The predicted molar refractivity (Wildman–Crippen MR) is 119 cm³/mol. The molecule has 27 heavy (non-hydrogen) atoms. The molecule has 4 nitrogen and oxygen atoms in total. The first-order chi connectivity index (χ1) is 12.7. The van der Waals surface area contributed by atoms with Crippen LogP contribution in [-0.2, 0) is 5.41 Å². The molecule has 1 aromatic carbocycles. The molecule has 0 radical (unpaired) electrons. The molecule has 0 amide bonds. The minimum atomic E-state index is -0.0942. The number of benzene rings is 1. The molecule has 0 bridgehead atoms. The highest BCUT2D eigenvalue weighted by Crippen LogP contribution is 2.49. The standard InChI is InChI=1S/C21H31FN4.HI/c1-2-23-20(25-16-9-13-26(14-10-16)17-7-8-17)24-15-21(11-12-21)18-5-3-4-6-19(18)22;/h3-6,16-17H,2,7-15H2,1H3,(H2,23,24,25);1H. The Kier molecular flexibility index (Phi) is 7.00. The van der Waals surface area contributed by atoms with Gasteiger partial charge in [-0.1, -0.05) is 18.2 Å². The molecular weight excluding hydrogens is 454 g/mol. The average molecular weight is 486 g/mol. The van der Waals surface area contributed by atoms with Crippen LogP contribution in [0.2, 0.25) is 0 Å². The van der Waals surface area contributed by atoms with Gasteiger partial charge in [0.25, 0.3) is 0 Å². The van der Waals surface area contributed by atoms with Crippen LogP contribution in [0, 0.1) is 5.82 Å². The maximum absolute atomic E-state index is 14.2. The number of hydrogen-bond acceptors (Lipinski definition) is 2. The predicted octanol–water partition coefficient (Wildman–Crippen LogP) is 3.66. The first kappa shape index (κ1) is 20.8. The van der Waals surface area contributed by atoms with Crippen LogP contribution in [0.1, 0.15) is 51.0 Å². The van der Waals surface area contributed by atoms with E-state index >= 15 is 0 Å². The summed E-state index contributed by atoms with van der Waals surface area (Å²) in [6.45, 7) is 5.99. The largest absolute Gasteiger partial charge is 0.357 e. The van der Waals surface area contributed by atoms with E-state index in [1.807, 2.05) is 12.1 Å². The number of halogens is 2. The molecule has 6 heteroatoms. The lowest BCUT2D eigenvalue weighted by atomic mass is 9.95. The van der Waals surface area contributed by atoms with Gasteiger partial charge in [0, 0.05) is 37.1 Å². The fraction of sp³-hybridized carbons (Fsp3) is 0.667. The van der Waals surface area contributed by atoms with Crippen LogP contribution >= 0.6 is 24.0 Å². The summed E-state index contributed by atoms with van der Waals surface area (Å²) in [5.41, 5.74) is 0.737. The minimum absolute atomic E-state index is 0. The van der Waals surface area contributed by atoms with Gasteiger partial charge in [-0.05, 0) is 57.1 Å². The summed E-state index contributed by atoms with van der Waals surface area (Å²) < 4.78 is 14.2. The van der Waals surface area contributed by atoms with Gasteiger partial charge >= 0.3 is 0 Å². The van der Waals surface area contributed by atoms with Crippen molar-refractivity contribution in [2.75, 3.05) is 26.2 Å². The van der Waals surface area contributed by atoms with Gasteiger partial charge in [0.1, 0.15) is 5.82 Å². The van der Waals surface area contributed by atoms with Crippen molar-refractivity contribution >= 4 is 29.9 Å². The lowest BCUT2D eigenvalue weighted by Crippen LogP contribution is -2.49. The third kappa shape index (κ3) is 5.13. The van der Waals surface area contributed by atoms with Gasteiger partial charge in [-0.25, -0.2) is 4.39 Å². The van der Waals surface area contributed by atoms with Crippen LogP contribution in [-0.4, -0.2) is 49.1 Å². The second kappa shape index (κ2) is 9.07. The second-order valence-corrected chi connectivity index (χ2v) is 8.14. The minimum Gasteiger partial charge on any atom is -0.357 e. The number of rotatable bonds is 6. The van der Waals surface area contributed by atoms with Crippen molar-refractivity contribution in [2.24, 2.45) is 4.99 Å². The van der Waals surface area contributed by atoms with E-state index in [0.29, 0.717) is 12.6 Å². The van der Waals surface area contributed by atoms with E-state index in [1.54, 1.807) is 12.1 Å². The summed E-state index contributed by atoms with van der Waals surface area (Å²) in [5.74, 6) is 0.797. The van der Waals surface area contributed by atoms with Gasteiger partial charge < -0.3 is 15.5 Å². The number of guanidine groups is 1. The first-order valence-corrected chi connectivity index (χ1v) is 10.2. The number of nitrogens with one attached hydrogen (secondary N) is 2. The Bertz CT molecular complexity index is 649. The second-order valence-electron chi connectivity index (χ2n) is 8.14. The molecule has 150 valence electrons. The van der Waals surface area contributed by atoms with E-state index in [4.69, 9.17) is 4.99 Å². The number of hydrogen-bond donors (Lipinski definition) is 2. The van der Waals surface area contributed by atoms with Crippen molar-refractivity contribution in [3.8, 4) is 0 Å². The highest BCUT2D eigenvalue weighted by atomic mass is 127. The maximum Gasteiger partial charge on any atom is 0.191 e. The molecule has 0 spiro atoms. The Labute approximate surface area is 179 Å². The normalized spacial score (nSPS) is 22.8. The quantitative estimate of drug-likeness (QED) is 0.367. The molecule has 2 N–H and O–H groups in total. The molecule has 3 aliphatic rings. The van der Waals surface area contributed by atoms with Gasteiger partial charge in [0.05, 0.1) is 6.54 Å². The summed E-state index contributed by atoms with van der Waals surface area (Å²) in [4.78, 5) is 7.48. The van der Waals surface area contributed by atoms with E-state index < -0.39 is 0 Å². The molecule has 3 fully saturated rings. The van der Waals surface area contributed by atoms with Crippen LogP contribution < -0.4 is 10.6 Å². The molecule has 1 heterocycles. The van der Waals surface area contributed by atoms with Crippen molar-refractivity contribution < 1.29 is 4.39 Å². The third-order valence-electron chi connectivity index (χ3n) is 6.12. The Morgan fingerprint density at radius 2 is 1.89 bits per heavy atom. The van der Waals surface area contributed by atoms with Crippen molar-refractivity contribution in [2.45, 2.75) is 62.9 Å². The number of aliphatic imine (C=N–C) groups is 1. The van der Waals surface area contributed by atoms with Crippen molar-refractivity contribution in [1.82, 2.24) is 15.5 Å². The number of nitrogens with zero attached hydrogens (tertiary/aromatic N) is 2. The smallest absolute Gasteiger partial charge is 0.191 e. The summed E-state index contributed by atoms with van der Waals surface area (Å²) in [6, 6.07) is 8.54. The summed E-state index contributed by atoms with van der Waals surface area (Å²) in [7, 11) is 0. The molecule has 1 saturated heterocycles. The average Bonchev–Trinajstić information content (AvgIpc) is 3.55. The van der Waals surface area contributed by atoms with Crippen LogP contribution in [0.15, 0.2) is 29.3 Å². The van der Waals surface area contributed by atoms with Crippen LogP contribution in [0.4, 0.5) is 4.39 Å². The third-order valence-corrected chi connectivity index (χ3v) is 6.12. The Morgan fingerprint density at radius 1 is 1.19 bits per heavy atom. The number of piperidine rings is 1. The highest BCUT2D eigenvalue weighted by Gasteiger charge is 2.45. The fourth-order valence-electron chi connectivity index (χ4n) is 4.15. The molecule has 2 saturated carbocycles. The zero-order valence-electron chi connectivity index (χ0n) is 16.2. The van der Waals surface area contributed by atoms with Gasteiger partial charge in [-0.3, -0.25) is 4.99 Å². The number of likely N-dealkylation sites (tertiary alicyclic amines) is 1. The van der Waals surface area contributed by atoms with E-state index in [9.17, 15) is 4.39 Å². The van der Waals surface area contributed by atoms with Gasteiger partial charge in [-0.15, -0.1) is 24.0 Å². The van der Waals surface area contributed by atoms with Gasteiger partial charge in [-0.2, -0.15) is 0 Å². The van der Waals surface area contributed by atoms with E-state index in [-0.39, 0.29) is 35.2 Å². The van der Waals surface area contributed by atoms with Crippen LogP contribution in [0.5, 0.6) is 0 Å². The van der Waals surface area contributed by atoms with Crippen molar-refractivity contribution in [3.05, 3.63) is 35.6 Å². The SMILES string of the molecule is CCNC(=NCC1(c2ccccc2F)CC1)NC1CCN(C2CC2)CC1.I. The molecule has 1 aliphatic heterocycles. The highest BCUT2D eigenvalue weighted by molar-refractivity contribution is 14.0. The molecule has 0 unspecified atom stereocenters. The Morgan fingerprint density at radius 3 is 2.48 bits per heavy atom. The maximum atomic E-state index is 14.2. The zero-order valence-corrected chi connectivity index (χ0v) is 18.5. The van der Waals surface area contributed by atoms with E-state index in [0.717, 1.165) is 37.0 Å². The summed E-state index contributed by atoms with van der Waals surface area (Å²) in [5, 5.41) is 7.00. The lowest BCUT2D eigenvalue weighted by molar-refractivity contribution is 0.197. The van der Waals surface area contributed by atoms with Crippen molar-refractivity contribution in [3.63, 3.8) is 0 Å². The van der Waals surface area contributed by atoms with Crippen LogP contribution in [0.3, 0.4) is 0 Å². The van der Waals surface area contributed by atoms with Crippen LogP contribution in [0.25, 0.3) is 0 Å². The van der Waals surface area contributed by atoms with E-state index in [2.05, 4.69) is 22.5 Å². The molecule has 2 aliphatic carbocycles. The van der Waals surface area contributed by atoms with Gasteiger partial charge in [0.15, 0.2) is 5.96 Å². The van der Waals surface area contributed by atoms with E-state index in [1.165, 1.54) is 38.8 Å². The molecule has 0 atom stereocenters. The topological polar surface area (TPSA) is 39.7 Å². The Hall–Kier alpha value is -0.890. The molecule has 0 aromatic heterocycles. The fourth-order valence-corrected chi connectivity index (χ4v) is 4.15. The summed E-state index contributed by atoms with van der Waals surface area (Å²) >= 11 is 0. The lowest BCUT2D eigenvalue weighted by Gasteiger charge is -2.33. The molecular formula is C21H32FIN4. The first-order valence-electron chi connectivity index (χ1n) is 10.2. The van der Waals surface area contributed by atoms with Gasteiger partial charge in [0.2, 0.25) is 0 Å². The molecule has 4 rings (SSSR count).